The number of alkyl halides is 1. The van der Waals surface area contributed by atoms with Crippen LogP contribution >= 0.6 is 11.6 Å². The van der Waals surface area contributed by atoms with Crippen LogP contribution in [0.25, 0.3) is 11.5 Å². The summed E-state index contributed by atoms with van der Waals surface area (Å²) in [6, 6.07) is 1.84. The van der Waals surface area contributed by atoms with E-state index in [2.05, 4.69) is 15.2 Å². The highest BCUT2D eigenvalue weighted by molar-refractivity contribution is 6.17. The number of rotatable bonds is 4. The molecule has 2 aromatic rings. The molecule has 2 rings (SSSR count). The Kier molecular flexibility index (Phi) is 3.01. The third-order valence-electron chi connectivity index (χ3n) is 1.94. The number of halogens is 1. The van der Waals surface area contributed by atoms with Crippen LogP contribution in [0.5, 0.6) is 0 Å². The van der Waals surface area contributed by atoms with Crippen LogP contribution in [0.3, 0.4) is 0 Å². The molecule has 2 aromatic heterocycles. The average Bonchev–Trinajstić information content (AvgIpc) is 2.83. The van der Waals surface area contributed by atoms with Gasteiger partial charge in [-0.1, -0.05) is 5.16 Å². The largest absolute Gasteiger partial charge is 0.339 e. The molecule has 0 saturated heterocycles. The van der Waals surface area contributed by atoms with Gasteiger partial charge < -0.3 is 4.52 Å². The maximum Gasteiger partial charge on any atom is 0.227 e. The highest BCUT2D eigenvalue weighted by atomic mass is 35.5. The SMILES string of the molecule is Cn1ccc(-c2noc(CCCCl)n2)n1. The van der Waals surface area contributed by atoms with E-state index in [9.17, 15) is 0 Å². The molecule has 0 N–H and O–H groups in total. The fraction of sp³-hybridized carbons (Fsp3) is 0.444. The Hall–Kier alpha value is -1.36. The average molecular weight is 227 g/mol. The Morgan fingerprint density at radius 2 is 2.40 bits per heavy atom. The Morgan fingerprint density at radius 1 is 1.53 bits per heavy atom. The van der Waals surface area contributed by atoms with Crippen molar-refractivity contribution in [3.05, 3.63) is 18.2 Å². The third kappa shape index (κ3) is 2.36. The molecule has 0 atom stereocenters. The Bertz CT molecular complexity index is 437. The normalized spacial score (nSPS) is 10.8. The van der Waals surface area contributed by atoms with E-state index in [1.54, 1.807) is 4.68 Å². The quantitative estimate of drug-likeness (QED) is 0.744. The summed E-state index contributed by atoms with van der Waals surface area (Å²) in [5.41, 5.74) is 0.721. The van der Waals surface area contributed by atoms with Crippen molar-refractivity contribution < 1.29 is 4.52 Å². The minimum atomic E-state index is 0.528. The molecular weight excluding hydrogens is 216 g/mol. The molecular formula is C9H11ClN4O. The maximum atomic E-state index is 5.57. The van der Waals surface area contributed by atoms with Crippen LogP contribution in [0.2, 0.25) is 0 Å². The molecule has 0 aliphatic rings. The van der Waals surface area contributed by atoms with Crippen molar-refractivity contribution in [2.45, 2.75) is 12.8 Å². The number of aryl methyl sites for hydroxylation is 2. The first-order chi connectivity index (χ1) is 7.29. The predicted molar refractivity (Wildman–Crippen MR) is 55.5 cm³/mol. The third-order valence-corrected chi connectivity index (χ3v) is 2.20. The topological polar surface area (TPSA) is 56.7 Å². The highest BCUT2D eigenvalue weighted by Gasteiger charge is 2.10. The molecule has 0 fully saturated rings. The summed E-state index contributed by atoms with van der Waals surface area (Å²) in [4.78, 5) is 4.22. The van der Waals surface area contributed by atoms with Crippen molar-refractivity contribution >= 4 is 11.6 Å². The van der Waals surface area contributed by atoms with E-state index in [1.807, 2.05) is 19.3 Å². The molecule has 5 nitrogen and oxygen atoms in total. The minimum Gasteiger partial charge on any atom is -0.339 e. The summed E-state index contributed by atoms with van der Waals surface area (Å²) in [5, 5.41) is 8.03. The minimum absolute atomic E-state index is 0.528. The standard InChI is InChI=1S/C9H11ClN4O/c1-14-6-4-7(12-14)9-11-8(15-13-9)3-2-5-10/h4,6H,2-3,5H2,1H3. The molecule has 6 heteroatoms. The van der Waals surface area contributed by atoms with E-state index < -0.39 is 0 Å². The van der Waals surface area contributed by atoms with Crippen LogP contribution in [0.4, 0.5) is 0 Å². The van der Waals surface area contributed by atoms with E-state index in [1.165, 1.54) is 0 Å². The number of nitrogens with zero attached hydrogens (tertiary/aromatic N) is 4. The molecule has 0 aliphatic heterocycles. The van der Waals surface area contributed by atoms with Crippen molar-refractivity contribution in [2.75, 3.05) is 5.88 Å². The lowest BCUT2D eigenvalue weighted by Gasteiger charge is -1.87. The van der Waals surface area contributed by atoms with E-state index in [0.717, 1.165) is 12.1 Å². The van der Waals surface area contributed by atoms with Crippen LogP contribution in [-0.2, 0) is 13.5 Å². The van der Waals surface area contributed by atoms with Crippen LogP contribution in [0.1, 0.15) is 12.3 Å². The molecule has 0 unspecified atom stereocenters. The lowest BCUT2D eigenvalue weighted by atomic mass is 10.3. The van der Waals surface area contributed by atoms with Crippen molar-refractivity contribution in [1.29, 1.82) is 0 Å². The zero-order chi connectivity index (χ0) is 10.7. The number of hydrogen-bond acceptors (Lipinski definition) is 4. The van der Waals surface area contributed by atoms with Crippen LogP contribution in [-0.4, -0.2) is 25.8 Å². The molecule has 0 amide bonds. The molecule has 0 spiro atoms. The summed E-state index contributed by atoms with van der Waals surface area (Å²) in [6.07, 6.45) is 3.39. The molecule has 80 valence electrons. The molecule has 15 heavy (non-hydrogen) atoms. The van der Waals surface area contributed by atoms with Gasteiger partial charge in [0.05, 0.1) is 0 Å². The first-order valence-electron chi connectivity index (χ1n) is 4.68. The van der Waals surface area contributed by atoms with Gasteiger partial charge in [-0.15, -0.1) is 11.6 Å². The van der Waals surface area contributed by atoms with E-state index >= 15 is 0 Å². The lowest BCUT2D eigenvalue weighted by Crippen LogP contribution is -1.89. The Balaban J connectivity index is 2.13. The fourth-order valence-electron chi connectivity index (χ4n) is 1.21. The van der Waals surface area contributed by atoms with Gasteiger partial charge in [-0.25, -0.2) is 0 Å². The van der Waals surface area contributed by atoms with Crippen molar-refractivity contribution in [3.8, 4) is 11.5 Å². The summed E-state index contributed by atoms with van der Waals surface area (Å²) >= 11 is 5.57. The number of aromatic nitrogens is 4. The van der Waals surface area contributed by atoms with Crippen LogP contribution < -0.4 is 0 Å². The summed E-state index contributed by atoms with van der Waals surface area (Å²) in [5.74, 6) is 1.73. The van der Waals surface area contributed by atoms with Crippen LogP contribution in [0.15, 0.2) is 16.8 Å². The van der Waals surface area contributed by atoms with Crippen molar-refractivity contribution in [2.24, 2.45) is 7.05 Å². The highest BCUT2D eigenvalue weighted by Crippen LogP contribution is 2.13. The molecule has 0 bridgehead atoms. The van der Waals surface area contributed by atoms with E-state index in [4.69, 9.17) is 16.1 Å². The first kappa shape index (κ1) is 10.2. The van der Waals surface area contributed by atoms with Gasteiger partial charge in [0, 0.05) is 25.5 Å². The smallest absolute Gasteiger partial charge is 0.227 e. The molecule has 0 saturated carbocycles. The van der Waals surface area contributed by atoms with Gasteiger partial charge in [-0.2, -0.15) is 10.1 Å². The lowest BCUT2D eigenvalue weighted by molar-refractivity contribution is 0.378. The van der Waals surface area contributed by atoms with Gasteiger partial charge in [0.2, 0.25) is 11.7 Å². The van der Waals surface area contributed by atoms with Gasteiger partial charge >= 0.3 is 0 Å². The van der Waals surface area contributed by atoms with Crippen molar-refractivity contribution in [1.82, 2.24) is 19.9 Å². The number of hydrogen-bond donors (Lipinski definition) is 0. The summed E-state index contributed by atoms with van der Waals surface area (Å²) in [6.45, 7) is 0. The molecule has 2 heterocycles. The van der Waals surface area contributed by atoms with Gasteiger partial charge in [0.1, 0.15) is 5.69 Å². The second-order valence-electron chi connectivity index (χ2n) is 3.18. The molecule has 0 aromatic carbocycles. The molecule has 0 radical (unpaired) electrons. The predicted octanol–water partition coefficient (Wildman–Crippen LogP) is 1.64. The van der Waals surface area contributed by atoms with Crippen LogP contribution in [0, 0.1) is 0 Å². The van der Waals surface area contributed by atoms with Gasteiger partial charge in [0.25, 0.3) is 0 Å². The summed E-state index contributed by atoms with van der Waals surface area (Å²) in [7, 11) is 1.85. The van der Waals surface area contributed by atoms with Gasteiger partial charge in [0.15, 0.2) is 0 Å². The fourth-order valence-corrected chi connectivity index (χ4v) is 1.35. The second-order valence-corrected chi connectivity index (χ2v) is 3.56. The van der Waals surface area contributed by atoms with E-state index in [-0.39, 0.29) is 0 Å². The van der Waals surface area contributed by atoms with Gasteiger partial charge in [-0.05, 0) is 12.5 Å². The van der Waals surface area contributed by atoms with E-state index in [0.29, 0.717) is 24.0 Å². The Morgan fingerprint density at radius 3 is 3.07 bits per heavy atom. The maximum absolute atomic E-state index is 5.57. The molecule has 0 aliphatic carbocycles. The first-order valence-corrected chi connectivity index (χ1v) is 5.21. The summed E-state index contributed by atoms with van der Waals surface area (Å²) < 4.78 is 6.76. The second kappa shape index (κ2) is 4.44. The zero-order valence-corrected chi connectivity index (χ0v) is 9.11. The Labute approximate surface area is 92.0 Å². The van der Waals surface area contributed by atoms with Crippen molar-refractivity contribution in [3.63, 3.8) is 0 Å². The monoisotopic (exact) mass is 226 g/mol. The van der Waals surface area contributed by atoms with Gasteiger partial charge in [-0.3, -0.25) is 4.68 Å². The zero-order valence-electron chi connectivity index (χ0n) is 8.35.